The van der Waals surface area contributed by atoms with Gasteiger partial charge in [0.1, 0.15) is 0 Å². The zero-order valence-corrected chi connectivity index (χ0v) is 12.7. The molecular formula is C16H15ClN2S. The van der Waals surface area contributed by atoms with Crippen molar-refractivity contribution < 1.29 is 0 Å². The number of hydrogen-bond acceptors (Lipinski definition) is 2. The van der Waals surface area contributed by atoms with E-state index in [1.54, 1.807) is 11.3 Å². The molecule has 0 bridgehead atoms. The Kier molecular flexibility index (Phi) is 3.04. The van der Waals surface area contributed by atoms with Crippen LogP contribution in [-0.2, 0) is 18.7 Å². The van der Waals surface area contributed by atoms with Crippen molar-refractivity contribution in [2.45, 2.75) is 31.6 Å². The maximum Gasteiger partial charge on any atom is 0.194 e. The first-order valence-corrected chi connectivity index (χ1v) is 8.40. The summed E-state index contributed by atoms with van der Waals surface area (Å²) in [6.07, 6.45) is 6.95. The van der Waals surface area contributed by atoms with Crippen LogP contribution in [0.15, 0.2) is 29.8 Å². The summed E-state index contributed by atoms with van der Waals surface area (Å²) in [6.45, 7) is 0. The Labute approximate surface area is 127 Å². The van der Waals surface area contributed by atoms with Crippen molar-refractivity contribution in [2.24, 2.45) is 0 Å². The summed E-state index contributed by atoms with van der Waals surface area (Å²) in [4.78, 5) is 5.44. The molecular weight excluding hydrogens is 288 g/mol. The maximum absolute atomic E-state index is 6.02. The summed E-state index contributed by atoms with van der Waals surface area (Å²) in [5.74, 6) is 0.496. The number of benzene rings is 1. The fourth-order valence-electron chi connectivity index (χ4n) is 3.05. The minimum Gasteiger partial charge on any atom is -0.286 e. The van der Waals surface area contributed by atoms with Crippen LogP contribution in [0.3, 0.4) is 0 Å². The fraction of sp³-hybridized carbons (Fsp3) is 0.312. The van der Waals surface area contributed by atoms with Crippen molar-refractivity contribution in [2.75, 3.05) is 0 Å². The molecule has 4 heteroatoms. The highest BCUT2D eigenvalue weighted by molar-refractivity contribution is 7.15. The highest BCUT2D eigenvalue weighted by Gasteiger charge is 2.14. The van der Waals surface area contributed by atoms with Crippen LogP contribution in [0.1, 0.15) is 29.7 Å². The first kappa shape index (κ1) is 12.4. The zero-order chi connectivity index (χ0) is 13.5. The van der Waals surface area contributed by atoms with Crippen molar-refractivity contribution in [3.05, 3.63) is 46.6 Å². The van der Waals surface area contributed by atoms with Gasteiger partial charge in [0.15, 0.2) is 4.96 Å². The molecule has 3 aromatic rings. The van der Waals surface area contributed by atoms with Gasteiger partial charge in [-0.05, 0) is 48.4 Å². The third-order valence-electron chi connectivity index (χ3n) is 4.10. The van der Waals surface area contributed by atoms with Gasteiger partial charge in [-0.3, -0.25) is 4.40 Å². The number of rotatable bonds is 2. The molecule has 0 radical (unpaired) electrons. The van der Waals surface area contributed by atoms with Crippen molar-refractivity contribution in [1.29, 1.82) is 0 Å². The number of fused-ring (bicyclic) bond motifs is 2. The van der Waals surface area contributed by atoms with E-state index in [-0.39, 0.29) is 0 Å². The Morgan fingerprint density at radius 1 is 1.20 bits per heavy atom. The van der Waals surface area contributed by atoms with E-state index in [0.29, 0.717) is 5.88 Å². The second-order valence-corrected chi connectivity index (χ2v) is 6.42. The molecule has 0 fully saturated rings. The number of thiazole rings is 1. The van der Waals surface area contributed by atoms with Gasteiger partial charge in [-0.25, -0.2) is 4.98 Å². The van der Waals surface area contributed by atoms with E-state index >= 15 is 0 Å². The number of nitrogens with zero attached hydrogens (tertiary/aromatic N) is 2. The minimum absolute atomic E-state index is 0.496. The Balaban J connectivity index is 1.88. The lowest BCUT2D eigenvalue weighted by Crippen LogP contribution is -2.02. The smallest absolute Gasteiger partial charge is 0.194 e. The van der Waals surface area contributed by atoms with Gasteiger partial charge in [0.2, 0.25) is 0 Å². The van der Waals surface area contributed by atoms with E-state index in [2.05, 4.69) is 33.0 Å². The quantitative estimate of drug-likeness (QED) is 0.628. The van der Waals surface area contributed by atoms with E-state index in [4.69, 9.17) is 11.6 Å². The second-order valence-electron chi connectivity index (χ2n) is 5.31. The van der Waals surface area contributed by atoms with E-state index in [9.17, 15) is 0 Å². The molecule has 1 aliphatic rings. The van der Waals surface area contributed by atoms with Gasteiger partial charge in [-0.15, -0.1) is 22.9 Å². The molecule has 20 heavy (non-hydrogen) atoms. The molecule has 102 valence electrons. The molecule has 0 amide bonds. The van der Waals surface area contributed by atoms with Crippen molar-refractivity contribution >= 4 is 27.9 Å². The predicted molar refractivity (Wildman–Crippen MR) is 84.7 cm³/mol. The predicted octanol–water partition coefficient (Wildman–Crippen LogP) is 4.68. The average molecular weight is 303 g/mol. The summed E-state index contributed by atoms with van der Waals surface area (Å²) in [6, 6.07) is 6.89. The van der Waals surface area contributed by atoms with Gasteiger partial charge >= 0.3 is 0 Å². The van der Waals surface area contributed by atoms with Crippen LogP contribution in [-0.4, -0.2) is 9.38 Å². The van der Waals surface area contributed by atoms with E-state index in [1.807, 2.05) is 6.20 Å². The number of aryl methyl sites for hydroxylation is 2. The first-order valence-electron chi connectivity index (χ1n) is 6.99. The monoisotopic (exact) mass is 302 g/mol. The third-order valence-corrected chi connectivity index (χ3v) is 5.21. The topological polar surface area (TPSA) is 17.3 Å². The van der Waals surface area contributed by atoms with Crippen LogP contribution in [0.25, 0.3) is 16.2 Å². The molecule has 0 spiro atoms. The van der Waals surface area contributed by atoms with Crippen LogP contribution >= 0.6 is 22.9 Å². The van der Waals surface area contributed by atoms with E-state index < -0.39 is 0 Å². The largest absolute Gasteiger partial charge is 0.286 e. The molecule has 2 heterocycles. The van der Waals surface area contributed by atoms with Crippen molar-refractivity contribution in [1.82, 2.24) is 9.38 Å². The highest BCUT2D eigenvalue weighted by atomic mass is 35.5. The van der Waals surface area contributed by atoms with Gasteiger partial charge < -0.3 is 0 Å². The van der Waals surface area contributed by atoms with Crippen LogP contribution in [0.4, 0.5) is 0 Å². The molecule has 1 aromatic carbocycles. The third kappa shape index (κ3) is 1.88. The molecule has 2 aromatic heterocycles. The first-order chi connectivity index (χ1) is 9.86. The lowest BCUT2D eigenvalue weighted by molar-refractivity contribution is 0.686. The standard InChI is InChI=1S/C16H15ClN2S/c17-8-14-9-18-16-19(14)15(10-20-16)13-6-5-11-3-1-2-4-12(11)7-13/h5-7,9-10H,1-4,8H2. The molecule has 1 aliphatic carbocycles. The van der Waals surface area contributed by atoms with Gasteiger partial charge in [0.25, 0.3) is 0 Å². The number of imidazole rings is 1. The Hall–Kier alpha value is -1.32. The summed E-state index contributed by atoms with van der Waals surface area (Å²) in [7, 11) is 0. The fourth-order valence-corrected chi connectivity index (χ4v) is 4.14. The van der Waals surface area contributed by atoms with Crippen LogP contribution in [0.2, 0.25) is 0 Å². The Bertz CT molecular complexity index is 772. The normalized spacial score (nSPS) is 14.7. The Morgan fingerprint density at radius 3 is 2.90 bits per heavy atom. The molecule has 0 aliphatic heterocycles. The van der Waals surface area contributed by atoms with Gasteiger partial charge in [0, 0.05) is 5.38 Å². The highest BCUT2D eigenvalue weighted by Crippen LogP contribution is 2.31. The van der Waals surface area contributed by atoms with Crippen molar-refractivity contribution in [3.8, 4) is 11.3 Å². The minimum atomic E-state index is 0.496. The second kappa shape index (κ2) is 4.90. The summed E-state index contributed by atoms with van der Waals surface area (Å²) in [5, 5.41) is 2.18. The lowest BCUT2D eigenvalue weighted by Gasteiger charge is -2.16. The number of alkyl halides is 1. The molecule has 2 nitrogen and oxygen atoms in total. The van der Waals surface area contributed by atoms with Crippen LogP contribution in [0.5, 0.6) is 0 Å². The van der Waals surface area contributed by atoms with Crippen LogP contribution in [0, 0.1) is 0 Å². The molecule has 0 saturated heterocycles. The van der Waals surface area contributed by atoms with Crippen LogP contribution < -0.4 is 0 Å². The van der Waals surface area contributed by atoms with Gasteiger partial charge in [-0.1, -0.05) is 12.1 Å². The molecule has 0 atom stereocenters. The average Bonchev–Trinajstić information content (AvgIpc) is 3.08. The number of aromatic nitrogens is 2. The lowest BCUT2D eigenvalue weighted by atomic mass is 9.90. The number of halogens is 1. The van der Waals surface area contributed by atoms with Gasteiger partial charge in [-0.2, -0.15) is 0 Å². The molecule has 0 saturated carbocycles. The van der Waals surface area contributed by atoms with Gasteiger partial charge in [0.05, 0.1) is 23.5 Å². The summed E-state index contributed by atoms with van der Waals surface area (Å²) < 4.78 is 2.18. The van der Waals surface area contributed by atoms with E-state index in [0.717, 1.165) is 10.7 Å². The summed E-state index contributed by atoms with van der Waals surface area (Å²) in [5.41, 5.74) is 6.60. The maximum atomic E-state index is 6.02. The van der Waals surface area contributed by atoms with E-state index in [1.165, 1.54) is 48.1 Å². The SMILES string of the molecule is ClCc1cnc2scc(-c3ccc4c(c3)CCCC4)n12. The number of hydrogen-bond donors (Lipinski definition) is 0. The summed E-state index contributed by atoms with van der Waals surface area (Å²) >= 11 is 7.70. The Morgan fingerprint density at radius 2 is 2.05 bits per heavy atom. The zero-order valence-electron chi connectivity index (χ0n) is 11.1. The molecule has 0 N–H and O–H groups in total. The molecule has 0 unspecified atom stereocenters. The molecule has 4 rings (SSSR count). The van der Waals surface area contributed by atoms with Crippen molar-refractivity contribution in [3.63, 3.8) is 0 Å².